The Labute approximate surface area is 177 Å². The average molecular weight is 418 g/mol. The Kier molecular flexibility index (Phi) is 5.31. The summed E-state index contributed by atoms with van der Waals surface area (Å²) in [4.78, 5) is 13.4. The van der Waals surface area contributed by atoms with Crippen LogP contribution >= 0.6 is 0 Å². The van der Waals surface area contributed by atoms with Crippen molar-refractivity contribution in [3.63, 3.8) is 0 Å². The molecular formula is C25H23NO3S. The molecule has 4 nitrogen and oxygen atoms in total. The van der Waals surface area contributed by atoms with E-state index in [0.717, 1.165) is 26.6 Å². The molecule has 5 heteroatoms. The van der Waals surface area contributed by atoms with Crippen LogP contribution in [0.15, 0.2) is 95.4 Å². The number of sulfonamides is 1. The van der Waals surface area contributed by atoms with Crippen molar-refractivity contribution in [3.8, 4) is 0 Å². The fourth-order valence-corrected chi connectivity index (χ4v) is 5.38. The molecule has 0 spiro atoms. The molecule has 1 atom stereocenters. The minimum absolute atomic E-state index is 0.0701. The van der Waals surface area contributed by atoms with Crippen molar-refractivity contribution in [2.75, 3.05) is 6.54 Å². The van der Waals surface area contributed by atoms with Gasteiger partial charge >= 0.3 is 0 Å². The lowest BCUT2D eigenvalue weighted by molar-refractivity contribution is -0.123. The van der Waals surface area contributed by atoms with Crippen LogP contribution in [0.25, 0.3) is 5.57 Å². The summed E-state index contributed by atoms with van der Waals surface area (Å²) in [5, 5.41) is 0. The minimum atomic E-state index is -3.96. The molecule has 30 heavy (non-hydrogen) atoms. The second-order valence-electron chi connectivity index (χ2n) is 7.52. The summed E-state index contributed by atoms with van der Waals surface area (Å²) in [6.07, 6.45) is 0. The van der Waals surface area contributed by atoms with Gasteiger partial charge < -0.3 is 0 Å². The largest absolute Gasteiger partial charge is 0.268 e. The lowest BCUT2D eigenvalue weighted by atomic mass is 9.81. The lowest BCUT2D eigenvalue weighted by Crippen LogP contribution is -2.44. The molecule has 1 aliphatic rings. The van der Waals surface area contributed by atoms with Gasteiger partial charge in [-0.25, -0.2) is 12.7 Å². The number of carbonyl (C=O) groups excluding carboxylic acids is 1. The molecule has 0 radical (unpaired) electrons. The smallest absolute Gasteiger partial charge is 0.266 e. The molecule has 3 aromatic carbocycles. The Morgan fingerprint density at radius 2 is 1.37 bits per heavy atom. The highest BCUT2D eigenvalue weighted by Gasteiger charge is 2.39. The number of aryl methyl sites for hydroxylation is 1. The predicted molar refractivity (Wildman–Crippen MR) is 118 cm³/mol. The van der Waals surface area contributed by atoms with Crippen molar-refractivity contribution >= 4 is 21.5 Å². The topological polar surface area (TPSA) is 54.5 Å². The first-order valence-corrected chi connectivity index (χ1v) is 11.3. The number of benzene rings is 3. The van der Waals surface area contributed by atoms with E-state index in [1.165, 1.54) is 0 Å². The van der Waals surface area contributed by atoms with Crippen molar-refractivity contribution < 1.29 is 13.2 Å². The van der Waals surface area contributed by atoms with Crippen molar-refractivity contribution in [3.05, 3.63) is 107 Å². The van der Waals surface area contributed by atoms with Gasteiger partial charge in [0.25, 0.3) is 15.9 Å². The van der Waals surface area contributed by atoms with Crippen molar-refractivity contribution in [1.29, 1.82) is 0 Å². The highest BCUT2D eigenvalue weighted by Crippen LogP contribution is 2.40. The first kappa shape index (κ1) is 20.1. The fourth-order valence-electron chi connectivity index (χ4n) is 3.94. The van der Waals surface area contributed by atoms with Gasteiger partial charge in [-0.2, -0.15) is 0 Å². The van der Waals surface area contributed by atoms with E-state index < -0.39 is 15.9 Å². The van der Waals surface area contributed by atoms with Crippen LogP contribution in [0.2, 0.25) is 0 Å². The number of nitrogens with zero attached hydrogens (tertiary/aromatic N) is 1. The third-order valence-corrected chi connectivity index (χ3v) is 7.31. The van der Waals surface area contributed by atoms with E-state index in [1.807, 2.05) is 67.6 Å². The summed E-state index contributed by atoms with van der Waals surface area (Å²) in [6.45, 7) is 3.69. The zero-order valence-corrected chi connectivity index (χ0v) is 17.8. The highest BCUT2D eigenvalue weighted by atomic mass is 32.2. The molecule has 1 amide bonds. The number of hydrogen-bond acceptors (Lipinski definition) is 3. The van der Waals surface area contributed by atoms with Crippen LogP contribution in [-0.2, 0) is 14.8 Å². The SMILES string of the molecule is CC1=C(c2ccccc2)C(c2ccccc2)CN(S(=O)(=O)c2ccc(C)cc2)C1=O. The third kappa shape index (κ3) is 3.57. The molecule has 0 aliphatic carbocycles. The maximum absolute atomic E-state index is 13.4. The van der Waals surface area contributed by atoms with Gasteiger partial charge in [0.1, 0.15) is 0 Å². The van der Waals surface area contributed by atoms with Gasteiger partial charge in [0.2, 0.25) is 0 Å². The molecule has 152 valence electrons. The standard InChI is InChI=1S/C25H23NO3S/c1-18-13-15-22(16-14-18)30(28,29)26-17-23(20-9-5-3-6-10-20)24(19(2)25(26)27)21-11-7-4-8-12-21/h3-16,23H,17H2,1-2H3. The zero-order valence-electron chi connectivity index (χ0n) is 16.9. The van der Waals surface area contributed by atoms with Crippen LogP contribution in [0.1, 0.15) is 29.5 Å². The summed E-state index contributed by atoms with van der Waals surface area (Å²) in [6, 6.07) is 26.1. The minimum Gasteiger partial charge on any atom is -0.268 e. The van der Waals surface area contributed by atoms with Crippen molar-refractivity contribution in [1.82, 2.24) is 4.31 Å². The maximum atomic E-state index is 13.4. The molecule has 0 fully saturated rings. The molecule has 0 saturated heterocycles. The van der Waals surface area contributed by atoms with Gasteiger partial charge in [-0.3, -0.25) is 4.79 Å². The Balaban J connectivity index is 1.86. The monoisotopic (exact) mass is 417 g/mol. The van der Waals surface area contributed by atoms with Crippen LogP contribution in [-0.4, -0.2) is 25.2 Å². The van der Waals surface area contributed by atoms with E-state index in [2.05, 4.69) is 0 Å². The second kappa shape index (κ2) is 7.92. The van der Waals surface area contributed by atoms with Crippen LogP contribution in [0.4, 0.5) is 0 Å². The first-order valence-electron chi connectivity index (χ1n) is 9.84. The van der Waals surface area contributed by atoms with Crippen LogP contribution in [0, 0.1) is 6.92 Å². The quantitative estimate of drug-likeness (QED) is 0.614. The molecule has 4 rings (SSSR count). The Hall–Kier alpha value is -3.18. The molecule has 0 saturated carbocycles. The summed E-state index contributed by atoms with van der Waals surface area (Å²) in [5.41, 5.74) is 4.21. The van der Waals surface area contributed by atoms with E-state index in [4.69, 9.17) is 0 Å². The van der Waals surface area contributed by atoms with E-state index in [-0.39, 0.29) is 17.4 Å². The molecule has 0 N–H and O–H groups in total. The van der Waals surface area contributed by atoms with Gasteiger partial charge in [-0.15, -0.1) is 0 Å². The molecular weight excluding hydrogens is 394 g/mol. The van der Waals surface area contributed by atoms with E-state index in [1.54, 1.807) is 31.2 Å². The number of amides is 1. The number of carbonyl (C=O) groups is 1. The number of hydrogen-bond donors (Lipinski definition) is 0. The van der Waals surface area contributed by atoms with Crippen LogP contribution in [0.5, 0.6) is 0 Å². The Bertz CT molecular complexity index is 1200. The molecule has 3 aromatic rings. The molecule has 1 unspecified atom stereocenters. The molecule has 0 bridgehead atoms. The van der Waals surface area contributed by atoms with Gasteiger partial charge in [-0.1, -0.05) is 78.4 Å². The molecule has 0 aromatic heterocycles. The van der Waals surface area contributed by atoms with E-state index in [9.17, 15) is 13.2 Å². The summed E-state index contributed by atoms with van der Waals surface area (Å²) in [5.74, 6) is -0.715. The van der Waals surface area contributed by atoms with Crippen molar-refractivity contribution in [2.45, 2.75) is 24.7 Å². The van der Waals surface area contributed by atoms with Crippen LogP contribution in [0.3, 0.4) is 0 Å². The predicted octanol–water partition coefficient (Wildman–Crippen LogP) is 4.78. The fraction of sp³-hybridized carbons (Fsp3) is 0.160. The first-order chi connectivity index (χ1) is 14.4. The lowest BCUT2D eigenvalue weighted by Gasteiger charge is -2.35. The van der Waals surface area contributed by atoms with Crippen LogP contribution < -0.4 is 0 Å². The van der Waals surface area contributed by atoms with Gasteiger partial charge in [0.05, 0.1) is 4.90 Å². The third-order valence-electron chi connectivity index (χ3n) is 5.54. The number of rotatable bonds is 4. The maximum Gasteiger partial charge on any atom is 0.266 e. The molecule has 1 aliphatic heterocycles. The van der Waals surface area contributed by atoms with Gasteiger partial charge in [0.15, 0.2) is 0 Å². The van der Waals surface area contributed by atoms with Gasteiger partial charge in [0, 0.05) is 18.0 Å². The van der Waals surface area contributed by atoms with Gasteiger partial charge in [-0.05, 0) is 42.7 Å². The normalized spacial score (nSPS) is 17.3. The Morgan fingerprint density at radius 1 is 0.800 bits per heavy atom. The van der Waals surface area contributed by atoms with E-state index in [0.29, 0.717) is 5.57 Å². The van der Waals surface area contributed by atoms with E-state index >= 15 is 0 Å². The second-order valence-corrected chi connectivity index (χ2v) is 9.38. The zero-order chi connectivity index (χ0) is 21.3. The summed E-state index contributed by atoms with van der Waals surface area (Å²) in [7, 11) is -3.96. The highest BCUT2D eigenvalue weighted by molar-refractivity contribution is 7.89. The Morgan fingerprint density at radius 3 is 1.97 bits per heavy atom. The summed E-state index contributed by atoms with van der Waals surface area (Å²) < 4.78 is 27.7. The summed E-state index contributed by atoms with van der Waals surface area (Å²) >= 11 is 0. The average Bonchev–Trinajstić information content (AvgIpc) is 2.77. The van der Waals surface area contributed by atoms with Crippen molar-refractivity contribution in [2.24, 2.45) is 0 Å². The molecule has 1 heterocycles.